The molecule has 1 aromatic carbocycles. The molecule has 0 saturated heterocycles. The summed E-state index contributed by atoms with van der Waals surface area (Å²) in [7, 11) is 0. The van der Waals surface area contributed by atoms with Crippen LogP contribution in [0.15, 0.2) is 18.2 Å². The number of benzene rings is 1. The van der Waals surface area contributed by atoms with Crippen LogP contribution in [-0.2, 0) is 4.74 Å². The first kappa shape index (κ1) is 14.2. The summed E-state index contributed by atoms with van der Waals surface area (Å²) in [6.07, 6.45) is 3.06. The molecular weight excluding hydrogens is 267 g/mol. The van der Waals surface area contributed by atoms with Crippen LogP contribution >= 0.6 is 11.6 Å². The zero-order chi connectivity index (χ0) is 13.5. The van der Waals surface area contributed by atoms with Crippen molar-refractivity contribution < 1.29 is 13.9 Å². The Morgan fingerprint density at radius 1 is 1.37 bits per heavy atom. The van der Waals surface area contributed by atoms with Gasteiger partial charge in [-0.2, -0.15) is 0 Å². The SMILES string of the molecule is Fc1ccc(C#CCCCl)cc1OCOCC1CC1. The molecule has 2 rings (SSSR count). The third kappa shape index (κ3) is 5.10. The molecule has 1 saturated carbocycles. The van der Waals surface area contributed by atoms with Gasteiger partial charge in [-0.25, -0.2) is 4.39 Å². The molecule has 102 valence electrons. The van der Waals surface area contributed by atoms with Gasteiger partial charge in [-0.15, -0.1) is 11.6 Å². The van der Waals surface area contributed by atoms with Crippen LogP contribution in [0, 0.1) is 23.6 Å². The molecule has 0 amide bonds. The van der Waals surface area contributed by atoms with Gasteiger partial charge < -0.3 is 9.47 Å². The van der Waals surface area contributed by atoms with Gasteiger partial charge in [0.05, 0.1) is 6.61 Å². The molecule has 0 atom stereocenters. The smallest absolute Gasteiger partial charge is 0.189 e. The molecule has 0 bridgehead atoms. The van der Waals surface area contributed by atoms with Crippen molar-refractivity contribution >= 4 is 11.6 Å². The lowest BCUT2D eigenvalue weighted by Crippen LogP contribution is -2.06. The molecule has 0 aliphatic heterocycles. The van der Waals surface area contributed by atoms with E-state index in [1.165, 1.54) is 18.9 Å². The third-order valence-electron chi connectivity index (χ3n) is 2.73. The molecule has 1 aromatic rings. The van der Waals surface area contributed by atoms with Crippen LogP contribution in [0.5, 0.6) is 5.75 Å². The van der Waals surface area contributed by atoms with Crippen molar-refractivity contribution in [3.8, 4) is 17.6 Å². The Hall–Kier alpha value is -1.24. The summed E-state index contributed by atoms with van der Waals surface area (Å²) in [5.74, 6) is 6.74. The van der Waals surface area contributed by atoms with Gasteiger partial charge in [-0.1, -0.05) is 11.8 Å². The second kappa shape index (κ2) is 7.37. The van der Waals surface area contributed by atoms with Gasteiger partial charge in [0.2, 0.25) is 0 Å². The molecule has 1 aliphatic rings. The summed E-state index contributed by atoms with van der Waals surface area (Å²) in [5, 5.41) is 0. The topological polar surface area (TPSA) is 18.5 Å². The highest BCUT2D eigenvalue weighted by atomic mass is 35.5. The summed E-state index contributed by atoms with van der Waals surface area (Å²) in [5.41, 5.74) is 0.712. The first-order valence-corrected chi connectivity index (χ1v) is 6.88. The fourth-order valence-electron chi connectivity index (χ4n) is 1.51. The normalized spacial score (nSPS) is 13.8. The Bertz CT molecular complexity index is 475. The monoisotopic (exact) mass is 282 g/mol. The summed E-state index contributed by atoms with van der Waals surface area (Å²) in [6, 6.07) is 4.55. The minimum Gasteiger partial charge on any atom is -0.464 e. The number of ether oxygens (including phenoxy) is 2. The molecule has 1 aliphatic carbocycles. The van der Waals surface area contributed by atoms with Gasteiger partial charge in [-0.3, -0.25) is 0 Å². The van der Waals surface area contributed by atoms with Crippen molar-refractivity contribution in [1.29, 1.82) is 0 Å². The van der Waals surface area contributed by atoms with E-state index < -0.39 is 5.82 Å². The summed E-state index contributed by atoms with van der Waals surface area (Å²) in [6.45, 7) is 0.767. The Morgan fingerprint density at radius 2 is 2.21 bits per heavy atom. The molecule has 0 radical (unpaired) electrons. The maximum atomic E-state index is 13.5. The van der Waals surface area contributed by atoms with E-state index >= 15 is 0 Å². The highest BCUT2D eigenvalue weighted by Gasteiger charge is 2.21. The van der Waals surface area contributed by atoms with E-state index in [1.54, 1.807) is 12.1 Å². The highest BCUT2D eigenvalue weighted by molar-refractivity contribution is 6.18. The largest absolute Gasteiger partial charge is 0.464 e. The van der Waals surface area contributed by atoms with Crippen LogP contribution in [0.25, 0.3) is 0 Å². The number of rotatable bonds is 6. The number of hydrogen-bond acceptors (Lipinski definition) is 2. The Balaban J connectivity index is 1.86. The van der Waals surface area contributed by atoms with Gasteiger partial charge in [0.15, 0.2) is 18.4 Å². The molecule has 19 heavy (non-hydrogen) atoms. The van der Waals surface area contributed by atoms with E-state index in [0.29, 0.717) is 30.4 Å². The Labute approximate surface area is 117 Å². The molecule has 0 heterocycles. The maximum Gasteiger partial charge on any atom is 0.189 e. The zero-order valence-corrected chi connectivity index (χ0v) is 11.4. The lowest BCUT2D eigenvalue weighted by atomic mass is 10.2. The van der Waals surface area contributed by atoms with Crippen LogP contribution in [-0.4, -0.2) is 19.3 Å². The van der Waals surface area contributed by atoms with E-state index in [1.807, 2.05) is 0 Å². The third-order valence-corrected chi connectivity index (χ3v) is 2.92. The van der Waals surface area contributed by atoms with Crippen molar-refractivity contribution in [2.75, 3.05) is 19.3 Å². The minimum absolute atomic E-state index is 0.0754. The lowest BCUT2D eigenvalue weighted by molar-refractivity contribution is 0.00792. The fourth-order valence-corrected chi connectivity index (χ4v) is 1.60. The van der Waals surface area contributed by atoms with Gasteiger partial charge in [0.25, 0.3) is 0 Å². The second-order valence-corrected chi connectivity index (χ2v) is 4.84. The van der Waals surface area contributed by atoms with E-state index in [4.69, 9.17) is 21.1 Å². The van der Waals surface area contributed by atoms with Crippen molar-refractivity contribution in [1.82, 2.24) is 0 Å². The molecular formula is C15H16ClFO2. The van der Waals surface area contributed by atoms with Crippen molar-refractivity contribution in [2.24, 2.45) is 5.92 Å². The van der Waals surface area contributed by atoms with Crippen molar-refractivity contribution in [3.05, 3.63) is 29.6 Å². The van der Waals surface area contributed by atoms with Crippen LogP contribution in [0.2, 0.25) is 0 Å². The average Bonchev–Trinajstić information content (AvgIpc) is 3.22. The predicted molar refractivity (Wildman–Crippen MR) is 72.8 cm³/mol. The average molecular weight is 283 g/mol. The fraction of sp³-hybridized carbons (Fsp3) is 0.467. The highest BCUT2D eigenvalue weighted by Crippen LogP contribution is 2.28. The standard InChI is InChI=1S/C15H16ClFO2/c16-8-2-1-3-12-6-7-14(17)15(9-12)19-11-18-10-13-4-5-13/h6-7,9,13H,2,4-5,8,10-11H2. The van der Waals surface area contributed by atoms with Crippen molar-refractivity contribution in [2.45, 2.75) is 19.3 Å². The molecule has 0 unspecified atom stereocenters. The van der Waals surface area contributed by atoms with Crippen LogP contribution in [0.1, 0.15) is 24.8 Å². The van der Waals surface area contributed by atoms with Crippen LogP contribution in [0.4, 0.5) is 4.39 Å². The van der Waals surface area contributed by atoms with Gasteiger partial charge in [0, 0.05) is 17.9 Å². The molecule has 2 nitrogen and oxygen atoms in total. The van der Waals surface area contributed by atoms with Crippen molar-refractivity contribution in [3.63, 3.8) is 0 Å². The van der Waals surface area contributed by atoms with E-state index in [0.717, 1.165) is 0 Å². The summed E-state index contributed by atoms with van der Waals surface area (Å²) < 4.78 is 24.1. The Kier molecular flexibility index (Phi) is 5.50. The minimum atomic E-state index is -0.405. The van der Waals surface area contributed by atoms with Gasteiger partial charge in [-0.05, 0) is 37.0 Å². The molecule has 0 N–H and O–H groups in total. The summed E-state index contributed by atoms with van der Waals surface area (Å²) in [4.78, 5) is 0. The van der Waals surface area contributed by atoms with Crippen LogP contribution < -0.4 is 4.74 Å². The maximum absolute atomic E-state index is 13.5. The molecule has 4 heteroatoms. The van der Waals surface area contributed by atoms with E-state index in [9.17, 15) is 4.39 Å². The van der Waals surface area contributed by atoms with Gasteiger partial charge >= 0.3 is 0 Å². The predicted octanol–water partition coefficient (Wildman–Crippen LogP) is 3.57. The first-order chi connectivity index (χ1) is 9.29. The van der Waals surface area contributed by atoms with E-state index in [-0.39, 0.29) is 12.5 Å². The number of hydrogen-bond donors (Lipinski definition) is 0. The van der Waals surface area contributed by atoms with Gasteiger partial charge in [0.1, 0.15) is 0 Å². The number of alkyl halides is 1. The number of halogens is 2. The second-order valence-electron chi connectivity index (χ2n) is 4.46. The molecule has 1 fully saturated rings. The van der Waals surface area contributed by atoms with Crippen LogP contribution in [0.3, 0.4) is 0 Å². The quantitative estimate of drug-likeness (QED) is 0.344. The Morgan fingerprint density at radius 3 is 2.95 bits per heavy atom. The van der Waals surface area contributed by atoms with E-state index in [2.05, 4.69) is 11.8 Å². The zero-order valence-electron chi connectivity index (χ0n) is 10.6. The molecule has 0 spiro atoms. The first-order valence-electron chi connectivity index (χ1n) is 6.34. The lowest BCUT2D eigenvalue weighted by Gasteiger charge is -2.08. The molecule has 0 aromatic heterocycles. The summed E-state index contributed by atoms with van der Waals surface area (Å²) >= 11 is 5.54.